The molecule has 6 rings (SSSR count). The van der Waals surface area contributed by atoms with Gasteiger partial charge in [-0.15, -0.1) is 0 Å². The van der Waals surface area contributed by atoms with Crippen LogP contribution in [0.2, 0.25) is 0 Å². The third-order valence-electron chi connectivity index (χ3n) is 7.96. The first-order chi connectivity index (χ1) is 16.2. The van der Waals surface area contributed by atoms with E-state index in [0.717, 1.165) is 11.2 Å². The molecule has 0 unspecified atom stereocenters. The van der Waals surface area contributed by atoms with Gasteiger partial charge in [0.1, 0.15) is 18.2 Å². The zero-order valence-corrected chi connectivity index (χ0v) is 21.2. The smallest absolute Gasteiger partial charge is 0.216 e. The molecule has 170 valence electrons. The average molecular weight is 447 g/mol. The number of rotatable bonds is 2. The highest BCUT2D eigenvalue weighted by Gasteiger charge is 2.37. The fourth-order valence-corrected chi connectivity index (χ4v) is 6.16. The van der Waals surface area contributed by atoms with Crippen molar-refractivity contribution in [3.8, 4) is 22.4 Å². The summed E-state index contributed by atoms with van der Waals surface area (Å²) >= 11 is 0. The standard InChI is InChI=1S/C32H32NO/c1-18(2)23-17-33(7)26(16-20(23)4)28-19(3)12-13-22-30-27(34-31(22)28)15-14-25-29(30)21-10-8-9-11-24(21)32(25,5)6/h8-18H,1-7H3/q+1. The minimum Gasteiger partial charge on any atom is -0.455 e. The molecule has 5 aromatic rings. The Labute approximate surface area is 201 Å². The Morgan fingerprint density at radius 2 is 1.62 bits per heavy atom. The van der Waals surface area contributed by atoms with Crippen molar-refractivity contribution in [2.75, 3.05) is 0 Å². The van der Waals surface area contributed by atoms with E-state index in [-0.39, 0.29) is 5.41 Å². The summed E-state index contributed by atoms with van der Waals surface area (Å²) in [6.45, 7) is 13.6. The van der Waals surface area contributed by atoms with E-state index in [1.54, 1.807) is 0 Å². The first kappa shape index (κ1) is 21.2. The molecule has 2 heteroatoms. The summed E-state index contributed by atoms with van der Waals surface area (Å²) in [6, 6.07) is 20.1. The van der Waals surface area contributed by atoms with Crippen LogP contribution in [0.1, 0.15) is 61.4 Å². The lowest BCUT2D eigenvalue weighted by molar-refractivity contribution is -0.660. The van der Waals surface area contributed by atoms with Crippen molar-refractivity contribution >= 4 is 21.9 Å². The number of aryl methyl sites for hydroxylation is 3. The van der Waals surface area contributed by atoms with Crippen molar-refractivity contribution in [3.05, 3.63) is 88.6 Å². The highest BCUT2D eigenvalue weighted by molar-refractivity contribution is 6.17. The number of aromatic nitrogens is 1. The Hall–Kier alpha value is -3.39. The Balaban J connectivity index is 1.71. The van der Waals surface area contributed by atoms with Gasteiger partial charge in [-0.1, -0.05) is 70.2 Å². The molecule has 2 heterocycles. The van der Waals surface area contributed by atoms with Crippen LogP contribution in [0.25, 0.3) is 44.3 Å². The molecule has 34 heavy (non-hydrogen) atoms. The maximum absolute atomic E-state index is 6.69. The molecule has 0 atom stereocenters. The number of fused-ring (bicyclic) bond motifs is 7. The van der Waals surface area contributed by atoms with Gasteiger partial charge in [0.2, 0.25) is 5.69 Å². The summed E-state index contributed by atoms with van der Waals surface area (Å²) in [7, 11) is 2.15. The van der Waals surface area contributed by atoms with Crippen LogP contribution in [0.15, 0.2) is 65.2 Å². The van der Waals surface area contributed by atoms with Gasteiger partial charge in [0, 0.05) is 27.8 Å². The molecule has 0 radical (unpaired) electrons. The van der Waals surface area contributed by atoms with E-state index in [1.807, 2.05) is 0 Å². The monoisotopic (exact) mass is 446 g/mol. The molecule has 0 amide bonds. The highest BCUT2D eigenvalue weighted by atomic mass is 16.3. The van der Waals surface area contributed by atoms with Crippen molar-refractivity contribution in [2.24, 2.45) is 7.05 Å². The van der Waals surface area contributed by atoms with Crippen LogP contribution in [0, 0.1) is 13.8 Å². The van der Waals surface area contributed by atoms with Crippen LogP contribution < -0.4 is 4.57 Å². The van der Waals surface area contributed by atoms with Crippen LogP contribution in [0.4, 0.5) is 0 Å². The largest absolute Gasteiger partial charge is 0.455 e. The molecule has 2 nitrogen and oxygen atoms in total. The van der Waals surface area contributed by atoms with E-state index in [9.17, 15) is 0 Å². The van der Waals surface area contributed by atoms with Crippen molar-refractivity contribution < 1.29 is 8.98 Å². The Morgan fingerprint density at radius 3 is 2.38 bits per heavy atom. The van der Waals surface area contributed by atoms with Crippen LogP contribution in [-0.4, -0.2) is 0 Å². The first-order valence-electron chi connectivity index (χ1n) is 12.3. The maximum Gasteiger partial charge on any atom is 0.216 e. The third-order valence-corrected chi connectivity index (χ3v) is 7.96. The predicted molar refractivity (Wildman–Crippen MR) is 141 cm³/mol. The second-order valence-corrected chi connectivity index (χ2v) is 10.8. The van der Waals surface area contributed by atoms with Crippen molar-refractivity contribution in [1.82, 2.24) is 0 Å². The van der Waals surface area contributed by atoms with Crippen LogP contribution >= 0.6 is 0 Å². The van der Waals surface area contributed by atoms with Crippen molar-refractivity contribution in [1.29, 1.82) is 0 Å². The number of hydrogen-bond acceptors (Lipinski definition) is 1. The molecule has 0 saturated heterocycles. The van der Waals surface area contributed by atoms with Gasteiger partial charge in [-0.2, -0.15) is 0 Å². The second-order valence-electron chi connectivity index (χ2n) is 10.8. The van der Waals surface area contributed by atoms with Gasteiger partial charge in [-0.25, -0.2) is 4.57 Å². The molecule has 1 aliphatic carbocycles. The van der Waals surface area contributed by atoms with E-state index in [1.165, 1.54) is 61.0 Å². The number of benzene rings is 3. The van der Waals surface area contributed by atoms with Gasteiger partial charge in [-0.05, 0) is 59.2 Å². The summed E-state index contributed by atoms with van der Waals surface area (Å²) in [4.78, 5) is 0. The molecule has 0 N–H and O–H groups in total. The molecular weight excluding hydrogens is 414 g/mol. The lowest BCUT2D eigenvalue weighted by atomic mass is 9.82. The minimum absolute atomic E-state index is 0.0204. The Bertz CT molecular complexity index is 1630. The fourth-order valence-electron chi connectivity index (χ4n) is 6.16. The molecule has 0 aliphatic heterocycles. The number of hydrogen-bond donors (Lipinski definition) is 0. The molecule has 1 aliphatic rings. The van der Waals surface area contributed by atoms with Crippen molar-refractivity contribution in [3.63, 3.8) is 0 Å². The Kier molecular flexibility index (Phi) is 4.39. The molecule has 0 spiro atoms. The summed E-state index contributed by atoms with van der Waals surface area (Å²) in [5.74, 6) is 0.495. The lowest BCUT2D eigenvalue weighted by Gasteiger charge is -2.21. The molecule has 2 aromatic heterocycles. The first-order valence-corrected chi connectivity index (χ1v) is 12.3. The van der Waals surface area contributed by atoms with E-state index in [2.05, 4.69) is 114 Å². The van der Waals surface area contributed by atoms with Gasteiger partial charge < -0.3 is 4.42 Å². The van der Waals surface area contributed by atoms with E-state index in [4.69, 9.17) is 4.42 Å². The van der Waals surface area contributed by atoms with E-state index < -0.39 is 0 Å². The number of furan rings is 1. The predicted octanol–water partition coefficient (Wildman–Crippen LogP) is 8.12. The molecular formula is C32H32NO+. The highest BCUT2D eigenvalue weighted by Crippen LogP contribution is 2.53. The third kappa shape index (κ3) is 2.72. The van der Waals surface area contributed by atoms with E-state index >= 15 is 0 Å². The second kappa shape index (κ2) is 7.06. The van der Waals surface area contributed by atoms with Crippen molar-refractivity contribution in [2.45, 2.75) is 52.9 Å². The Morgan fingerprint density at radius 1 is 0.853 bits per heavy atom. The van der Waals surface area contributed by atoms with Gasteiger partial charge in [0.05, 0.1) is 5.56 Å². The topological polar surface area (TPSA) is 17.0 Å². The normalized spacial score (nSPS) is 14.2. The number of pyridine rings is 1. The SMILES string of the molecule is Cc1cc(-c2c(C)ccc3c2oc2ccc4c(c23)-c2ccccc2C4(C)C)[n+](C)cc1C(C)C. The minimum atomic E-state index is -0.0204. The molecule has 0 saturated carbocycles. The fraction of sp³-hybridized carbons (Fsp3) is 0.281. The van der Waals surface area contributed by atoms with Crippen LogP contribution in [0.5, 0.6) is 0 Å². The summed E-state index contributed by atoms with van der Waals surface area (Å²) in [5, 5.41) is 2.44. The summed E-state index contributed by atoms with van der Waals surface area (Å²) < 4.78 is 8.95. The number of nitrogens with zero attached hydrogens (tertiary/aromatic N) is 1. The zero-order chi connectivity index (χ0) is 23.9. The zero-order valence-electron chi connectivity index (χ0n) is 21.2. The molecule has 0 bridgehead atoms. The van der Waals surface area contributed by atoms with E-state index in [0.29, 0.717) is 5.92 Å². The van der Waals surface area contributed by atoms with Crippen LogP contribution in [0.3, 0.4) is 0 Å². The van der Waals surface area contributed by atoms with Gasteiger partial charge in [-0.3, -0.25) is 0 Å². The molecule has 0 fully saturated rings. The maximum atomic E-state index is 6.69. The lowest BCUT2D eigenvalue weighted by Crippen LogP contribution is -2.32. The van der Waals surface area contributed by atoms with Gasteiger partial charge >= 0.3 is 0 Å². The quantitative estimate of drug-likeness (QED) is 0.250. The summed E-state index contributed by atoms with van der Waals surface area (Å²) in [5.41, 5.74) is 13.7. The van der Waals surface area contributed by atoms with Gasteiger partial charge in [0.25, 0.3) is 0 Å². The van der Waals surface area contributed by atoms with Crippen LogP contribution in [-0.2, 0) is 12.5 Å². The summed E-state index contributed by atoms with van der Waals surface area (Å²) in [6.07, 6.45) is 2.28. The molecule has 3 aromatic carbocycles. The van der Waals surface area contributed by atoms with Gasteiger partial charge in [0.15, 0.2) is 6.20 Å². The average Bonchev–Trinajstić information content (AvgIpc) is 3.28.